The molecule has 1 aromatic carbocycles. The van der Waals surface area contributed by atoms with Crippen LogP contribution in [0.1, 0.15) is 27.2 Å². The lowest BCUT2D eigenvalue weighted by molar-refractivity contribution is -0.142. The zero-order valence-electron chi connectivity index (χ0n) is 10.4. The Morgan fingerprint density at radius 1 is 1.35 bits per heavy atom. The Labute approximate surface area is 101 Å². The molecule has 0 aliphatic carbocycles. The monoisotopic (exact) mass is 239 g/mol. The first kappa shape index (κ1) is 13.5. The van der Waals surface area contributed by atoms with Crippen LogP contribution in [0.3, 0.4) is 0 Å². The van der Waals surface area contributed by atoms with Gasteiger partial charge in [0.05, 0.1) is 0 Å². The highest BCUT2D eigenvalue weighted by atomic mass is 19.1. The molecular formula is C13H18FNO2. The summed E-state index contributed by atoms with van der Waals surface area (Å²) in [5.74, 6) is -1.19. The van der Waals surface area contributed by atoms with Gasteiger partial charge >= 0.3 is 5.97 Å². The Morgan fingerprint density at radius 2 is 1.88 bits per heavy atom. The van der Waals surface area contributed by atoms with Crippen molar-refractivity contribution in [2.75, 3.05) is 11.4 Å². The lowest BCUT2D eigenvalue weighted by atomic mass is 9.95. The predicted molar refractivity (Wildman–Crippen MR) is 65.8 cm³/mol. The van der Waals surface area contributed by atoms with Crippen molar-refractivity contribution in [3.8, 4) is 0 Å². The van der Waals surface area contributed by atoms with E-state index in [2.05, 4.69) is 0 Å². The Morgan fingerprint density at radius 3 is 2.24 bits per heavy atom. The standard InChI is InChI=1S/C13H18FNO2/c1-4-13(3,12(16)17)15(5-2)11-8-6-10(14)7-9-11/h6-9H,4-5H2,1-3H3,(H,16,17). The molecule has 0 aliphatic rings. The number of nitrogens with zero attached hydrogens (tertiary/aromatic N) is 1. The van der Waals surface area contributed by atoms with Crippen LogP contribution in [-0.4, -0.2) is 23.2 Å². The molecule has 0 spiro atoms. The first-order valence-corrected chi connectivity index (χ1v) is 5.72. The molecule has 0 saturated carbocycles. The molecule has 1 unspecified atom stereocenters. The van der Waals surface area contributed by atoms with Gasteiger partial charge in [0.25, 0.3) is 0 Å². The second kappa shape index (κ2) is 5.17. The predicted octanol–water partition coefficient (Wildman–Crippen LogP) is 2.91. The molecule has 1 aromatic rings. The minimum Gasteiger partial charge on any atom is -0.480 e. The van der Waals surface area contributed by atoms with E-state index in [1.54, 1.807) is 24.0 Å². The highest BCUT2D eigenvalue weighted by Gasteiger charge is 2.37. The van der Waals surface area contributed by atoms with Crippen molar-refractivity contribution in [1.82, 2.24) is 0 Å². The minimum atomic E-state index is -0.966. The van der Waals surface area contributed by atoms with E-state index in [-0.39, 0.29) is 5.82 Å². The summed E-state index contributed by atoms with van der Waals surface area (Å²) < 4.78 is 12.9. The highest BCUT2D eigenvalue weighted by molar-refractivity contribution is 5.83. The zero-order chi connectivity index (χ0) is 13.1. The maximum Gasteiger partial charge on any atom is 0.329 e. The van der Waals surface area contributed by atoms with Gasteiger partial charge in [0, 0.05) is 12.2 Å². The van der Waals surface area contributed by atoms with Crippen LogP contribution in [0.5, 0.6) is 0 Å². The molecule has 3 nitrogen and oxygen atoms in total. The second-order valence-corrected chi connectivity index (χ2v) is 4.15. The summed E-state index contributed by atoms with van der Waals surface area (Å²) in [7, 11) is 0. The van der Waals surface area contributed by atoms with Gasteiger partial charge in [-0.15, -0.1) is 0 Å². The normalized spacial score (nSPS) is 14.1. The van der Waals surface area contributed by atoms with E-state index in [0.29, 0.717) is 13.0 Å². The SMILES string of the molecule is CCN(c1ccc(F)cc1)C(C)(CC)C(=O)O. The Balaban J connectivity index is 3.14. The molecule has 94 valence electrons. The summed E-state index contributed by atoms with van der Waals surface area (Å²) in [4.78, 5) is 13.1. The first-order valence-electron chi connectivity index (χ1n) is 5.72. The molecule has 0 radical (unpaired) electrons. The number of likely N-dealkylation sites (N-methyl/N-ethyl adjacent to an activating group) is 1. The van der Waals surface area contributed by atoms with Gasteiger partial charge in [-0.25, -0.2) is 9.18 Å². The molecule has 0 saturated heterocycles. The lowest BCUT2D eigenvalue weighted by Gasteiger charge is -2.38. The highest BCUT2D eigenvalue weighted by Crippen LogP contribution is 2.27. The smallest absolute Gasteiger partial charge is 0.329 e. The lowest BCUT2D eigenvalue weighted by Crippen LogP contribution is -2.52. The minimum absolute atomic E-state index is 0.321. The zero-order valence-corrected chi connectivity index (χ0v) is 10.4. The summed E-state index contributed by atoms with van der Waals surface area (Å²) in [5, 5.41) is 9.33. The van der Waals surface area contributed by atoms with Gasteiger partial charge in [-0.05, 0) is 44.5 Å². The number of carboxylic acids is 1. The van der Waals surface area contributed by atoms with Crippen LogP contribution in [0.25, 0.3) is 0 Å². The molecule has 1 rings (SSSR count). The van der Waals surface area contributed by atoms with E-state index < -0.39 is 11.5 Å². The molecule has 0 bridgehead atoms. The summed E-state index contributed by atoms with van der Waals surface area (Å²) >= 11 is 0. The molecule has 4 heteroatoms. The van der Waals surface area contributed by atoms with Crippen LogP contribution in [0.4, 0.5) is 10.1 Å². The quantitative estimate of drug-likeness (QED) is 0.858. The molecular weight excluding hydrogens is 221 g/mol. The van der Waals surface area contributed by atoms with Gasteiger partial charge in [0.2, 0.25) is 0 Å². The van der Waals surface area contributed by atoms with Gasteiger partial charge in [-0.1, -0.05) is 6.92 Å². The summed E-state index contributed by atoms with van der Waals surface area (Å²) in [6, 6.07) is 5.90. The fourth-order valence-corrected chi connectivity index (χ4v) is 1.90. The summed E-state index contributed by atoms with van der Waals surface area (Å²) in [5.41, 5.74) is -0.243. The molecule has 0 fully saturated rings. The first-order chi connectivity index (χ1) is 7.95. The Bertz CT molecular complexity index is 391. The topological polar surface area (TPSA) is 40.5 Å². The van der Waals surface area contributed by atoms with Gasteiger partial charge in [-0.3, -0.25) is 0 Å². The van der Waals surface area contributed by atoms with Crippen LogP contribution in [-0.2, 0) is 4.79 Å². The van der Waals surface area contributed by atoms with E-state index in [0.717, 1.165) is 5.69 Å². The largest absolute Gasteiger partial charge is 0.480 e. The third-order valence-corrected chi connectivity index (χ3v) is 3.20. The van der Waals surface area contributed by atoms with Crippen molar-refractivity contribution in [3.05, 3.63) is 30.1 Å². The van der Waals surface area contributed by atoms with Crippen molar-refractivity contribution >= 4 is 11.7 Å². The maximum absolute atomic E-state index is 12.9. The molecule has 0 amide bonds. The van der Waals surface area contributed by atoms with Gasteiger partial charge in [-0.2, -0.15) is 0 Å². The number of carbonyl (C=O) groups is 1. The molecule has 1 N–H and O–H groups in total. The van der Waals surface area contributed by atoms with Crippen LogP contribution in [0.15, 0.2) is 24.3 Å². The van der Waals surface area contributed by atoms with Crippen LogP contribution in [0.2, 0.25) is 0 Å². The average molecular weight is 239 g/mol. The van der Waals surface area contributed by atoms with E-state index in [4.69, 9.17) is 0 Å². The van der Waals surface area contributed by atoms with Crippen molar-refractivity contribution in [2.45, 2.75) is 32.7 Å². The fourth-order valence-electron chi connectivity index (χ4n) is 1.90. The molecule has 0 aliphatic heterocycles. The number of benzene rings is 1. The van der Waals surface area contributed by atoms with Crippen molar-refractivity contribution in [1.29, 1.82) is 0 Å². The fraction of sp³-hybridized carbons (Fsp3) is 0.462. The van der Waals surface area contributed by atoms with E-state index in [1.165, 1.54) is 12.1 Å². The Hall–Kier alpha value is -1.58. The molecule has 1 atom stereocenters. The number of hydrogen-bond donors (Lipinski definition) is 1. The molecule has 0 heterocycles. The summed E-state index contributed by atoms with van der Waals surface area (Å²) in [6.07, 6.45) is 0.480. The second-order valence-electron chi connectivity index (χ2n) is 4.15. The van der Waals surface area contributed by atoms with Gasteiger partial charge < -0.3 is 10.0 Å². The number of halogens is 1. The van der Waals surface area contributed by atoms with Crippen molar-refractivity contribution < 1.29 is 14.3 Å². The van der Waals surface area contributed by atoms with Crippen LogP contribution >= 0.6 is 0 Å². The van der Waals surface area contributed by atoms with Gasteiger partial charge in [0.15, 0.2) is 0 Å². The van der Waals surface area contributed by atoms with Gasteiger partial charge in [0.1, 0.15) is 11.4 Å². The van der Waals surface area contributed by atoms with E-state index in [9.17, 15) is 14.3 Å². The number of carboxylic acid groups (broad SMARTS) is 1. The average Bonchev–Trinajstić information content (AvgIpc) is 2.31. The molecule has 17 heavy (non-hydrogen) atoms. The number of hydrogen-bond acceptors (Lipinski definition) is 2. The van der Waals surface area contributed by atoms with E-state index >= 15 is 0 Å². The Kier molecular flexibility index (Phi) is 4.10. The molecule has 0 aromatic heterocycles. The maximum atomic E-state index is 12.9. The number of anilines is 1. The third kappa shape index (κ3) is 2.57. The van der Waals surface area contributed by atoms with Crippen LogP contribution in [0, 0.1) is 5.82 Å². The van der Waals surface area contributed by atoms with Crippen molar-refractivity contribution in [3.63, 3.8) is 0 Å². The summed E-state index contributed by atoms with van der Waals surface area (Å²) in [6.45, 7) is 5.96. The van der Waals surface area contributed by atoms with Crippen LogP contribution < -0.4 is 4.90 Å². The third-order valence-electron chi connectivity index (χ3n) is 3.20. The number of aliphatic carboxylic acids is 1. The van der Waals surface area contributed by atoms with Crippen molar-refractivity contribution in [2.24, 2.45) is 0 Å². The number of rotatable bonds is 5. The van der Waals surface area contributed by atoms with E-state index in [1.807, 2.05) is 13.8 Å².